The molecular weight excluding hydrogens is 416 g/mol. The van der Waals surface area contributed by atoms with Crippen LogP contribution in [0.3, 0.4) is 0 Å². The molecule has 0 spiro atoms. The van der Waals surface area contributed by atoms with Gasteiger partial charge in [0.15, 0.2) is 0 Å². The van der Waals surface area contributed by atoms with E-state index in [1.54, 1.807) is 0 Å². The minimum atomic E-state index is -0.146. The highest BCUT2D eigenvalue weighted by Crippen LogP contribution is 2.77. The van der Waals surface area contributed by atoms with E-state index in [9.17, 15) is 9.90 Å². The van der Waals surface area contributed by atoms with Crippen molar-refractivity contribution in [1.82, 2.24) is 0 Å². The van der Waals surface area contributed by atoms with Crippen LogP contribution in [0, 0.1) is 56.7 Å². The second-order valence-corrected chi connectivity index (χ2v) is 14.8. The van der Waals surface area contributed by atoms with Gasteiger partial charge in [0.05, 0.1) is 6.10 Å². The smallest absolute Gasteiger partial charge is 0.136 e. The van der Waals surface area contributed by atoms with E-state index in [2.05, 4.69) is 48.1 Å². The van der Waals surface area contributed by atoms with E-state index in [1.165, 1.54) is 50.5 Å². The van der Waals surface area contributed by atoms with Gasteiger partial charge < -0.3 is 5.11 Å². The van der Waals surface area contributed by atoms with Gasteiger partial charge in [0.1, 0.15) is 5.78 Å². The maximum Gasteiger partial charge on any atom is 0.136 e. The number of aliphatic hydroxyl groups excluding tert-OH is 1. The molecule has 0 aromatic carbocycles. The highest BCUT2D eigenvalue weighted by molar-refractivity contribution is 5.83. The number of fused-ring (bicyclic) bond motifs is 7. The van der Waals surface area contributed by atoms with Gasteiger partial charge in [0, 0.05) is 5.41 Å². The van der Waals surface area contributed by atoms with Crippen LogP contribution in [0.4, 0.5) is 0 Å². The normalized spacial score (nSPS) is 56.6. The van der Waals surface area contributed by atoms with Gasteiger partial charge in [-0.05, 0) is 136 Å². The zero-order chi connectivity index (χ0) is 24.9. The fourth-order valence-electron chi connectivity index (χ4n) is 12.0. The third-order valence-corrected chi connectivity index (χ3v) is 14.3. The van der Waals surface area contributed by atoms with Gasteiger partial charge in [-0.3, -0.25) is 4.79 Å². The van der Waals surface area contributed by atoms with Gasteiger partial charge in [0.2, 0.25) is 0 Å². The molecule has 34 heavy (non-hydrogen) atoms. The number of ketones is 1. The van der Waals surface area contributed by atoms with Crippen molar-refractivity contribution in [2.45, 2.75) is 125 Å². The largest absolute Gasteiger partial charge is 0.393 e. The Labute approximate surface area is 209 Å². The average Bonchev–Trinajstić information content (AvgIpc) is 3.18. The summed E-state index contributed by atoms with van der Waals surface area (Å²) in [5, 5.41) is 11.1. The second-order valence-electron chi connectivity index (χ2n) is 14.8. The molecule has 5 fully saturated rings. The number of allylic oxidation sites excluding steroid dienone is 1. The molecule has 2 nitrogen and oxygen atoms in total. The van der Waals surface area contributed by atoms with E-state index in [0.29, 0.717) is 45.7 Å². The van der Waals surface area contributed by atoms with Gasteiger partial charge in [-0.1, -0.05) is 46.8 Å². The van der Waals surface area contributed by atoms with Crippen molar-refractivity contribution in [1.29, 1.82) is 0 Å². The fraction of sp³-hybridized carbons (Fsp3) is 0.906. The molecule has 192 valence electrons. The Balaban J connectivity index is 1.56. The third kappa shape index (κ3) is 2.82. The second kappa shape index (κ2) is 7.69. The molecule has 4 unspecified atom stereocenters. The van der Waals surface area contributed by atoms with E-state index in [-0.39, 0.29) is 16.9 Å². The molecular formula is C32H52O2. The molecule has 5 rings (SSSR count). The van der Waals surface area contributed by atoms with E-state index in [1.807, 2.05) is 6.92 Å². The zero-order valence-corrected chi connectivity index (χ0v) is 23.3. The van der Waals surface area contributed by atoms with Crippen molar-refractivity contribution in [2.75, 3.05) is 0 Å². The number of rotatable bonds is 3. The number of Topliss-reactive ketones (excluding diaryl/α,β-unsaturated/α-hetero) is 1. The van der Waals surface area contributed by atoms with Crippen LogP contribution < -0.4 is 0 Å². The highest BCUT2D eigenvalue weighted by Gasteiger charge is 2.71. The standard InChI is InChI=1S/C32H52O2/c1-9-28(5)24-13-16-31(8)25(29(24,6)15-14-26(28)34)11-10-23-27-22(20(2)3)12-17-32(27,21(4)33)19-18-30(23,31)7/h22-27,34H,2,9-19H2,1,3-8H3/t22-,23?,24?,25?,26-,27?,28-,29-,30+,31+,32+/m0/s1. The Kier molecular flexibility index (Phi) is 5.66. The summed E-state index contributed by atoms with van der Waals surface area (Å²) in [6.07, 6.45) is 12.8. The van der Waals surface area contributed by atoms with Crippen LogP contribution in [0.5, 0.6) is 0 Å². The van der Waals surface area contributed by atoms with Crippen LogP contribution in [0.1, 0.15) is 119 Å². The predicted octanol–water partition coefficient (Wildman–Crippen LogP) is 7.98. The summed E-state index contributed by atoms with van der Waals surface area (Å²) in [5.41, 5.74) is 2.23. The molecule has 0 saturated heterocycles. The monoisotopic (exact) mass is 468 g/mol. The first-order valence-electron chi connectivity index (χ1n) is 14.7. The number of hydrogen-bond donors (Lipinski definition) is 1. The SMILES string of the molecule is C=C(C)[C@@H]1CC[C@]2(C(C)=O)CC[C@]3(C)C(CCC4[C@@]5(C)CC[C@H](O)[C@@](C)(CC)C5CC[C@]43C)C12. The summed E-state index contributed by atoms with van der Waals surface area (Å²) in [6.45, 7) is 21.2. The van der Waals surface area contributed by atoms with Crippen molar-refractivity contribution in [3.8, 4) is 0 Å². The van der Waals surface area contributed by atoms with E-state index >= 15 is 0 Å². The van der Waals surface area contributed by atoms with Crippen molar-refractivity contribution in [3.63, 3.8) is 0 Å². The quantitative estimate of drug-likeness (QED) is 0.426. The molecule has 5 saturated carbocycles. The van der Waals surface area contributed by atoms with Crippen molar-refractivity contribution >= 4 is 5.78 Å². The van der Waals surface area contributed by atoms with E-state index in [4.69, 9.17) is 0 Å². The van der Waals surface area contributed by atoms with Gasteiger partial charge in [-0.15, -0.1) is 0 Å². The predicted molar refractivity (Wildman–Crippen MR) is 140 cm³/mol. The van der Waals surface area contributed by atoms with Crippen LogP contribution in [-0.2, 0) is 4.79 Å². The van der Waals surface area contributed by atoms with Crippen LogP contribution in [0.2, 0.25) is 0 Å². The topological polar surface area (TPSA) is 37.3 Å². The Bertz CT molecular complexity index is 876. The van der Waals surface area contributed by atoms with E-state index < -0.39 is 0 Å². The number of hydrogen-bond acceptors (Lipinski definition) is 2. The first-order chi connectivity index (χ1) is 15.8. The van der Waals surface area contributed by atoms with Gasteiger partial charge in [0.25, 0.3) is 0 Å². The molecule has 0 aromatic rings. The highest BCUT2D eigenvalue weighted by atomic mass is 16.3. The Hall–Kier alpha value is -0.630. The van der Waals surface area contributed by atoms with Crippen LogP contribution in [0.15, 0.2) is 12.2 Å². The maximum absolute atomic E-state index is 13.2. The molecule has 0 amide bonds. The zero-order valence-electron chi connectivity index (χ0n) is 23.3. The summed E-state index contributed by atoms with van der Waals surface area (Å²) in [5.74, 6) is 3.48. The number of aliphatic hydroxyl groups is 1. The lowest BCUT2D eigenvalue weighted by molar-refractivity contribution is -0.249. The first kappa shape index (κ1) is 25.0. The lowest BCUT2D eigenvalue weighted by Crippen LogP contribution is -2.67. The van der Waals surface area contributed by atoms with Crippen LogP contribution in [0.25, 0.3) is 0 Å². The Morgan fingerprint density at radius 1 is 0.853 bits per heavy atom. The first-order valence-corrected chi connectivity index (χ1v) is 14.7. The molecule has 0 radical (unpaired) electrons. The summed E-state index contributed by atoms with van der Waals surface area (Å²) in [4.78, 5) is 13.2. The molecule has 5 aliphatic carbocycles. The molecule has 2 heteroatoms. The number of carbonyl (C=O) groups is 1. The molecule has 0 aromatic heterocycles. The molecule has 5 aliphatic rings. The molecule has 11 atom stereocenters. The Morgan fingerprint density at radius 2 is 1.56 bits per heavy atom. The minimum absolute atomic E-state index is 0.0545. The van der Waals surface area contributed by atoms with Crippen molar-refractivity contribution in [2.24, 2.45) is 56.7 Å². The molecule has 0 heterocycles. The lowest BCUT2D eigenvalue weighted by Gasteiger charge is -2.73. The molecule has 0 aliphatic heterocycles. The number of carbonyl (C=O) groups excluding carboxylic acids is 1. The van der Waals surface area contributed by atoms with Crippen molar-refractivity contribution < 1.29 is 9.90 Å². The van der Waals surface area contributed by atoms with E-state index in [0.717, 1.165) is 31.6 Å². The summed E-state index contributed by atoms with van der Waals surface area (Å²) in [7, 11) is 0. The van der Waals surface area contributed by atoms with Gasteiger partial charge in [-0.25, -0.2) is 0 Å². The van der Waals surface area contributed by atoms with Crippen molar-refractivity contribution in [3.05, 3.63) is 12.2 Å². The lowest BCUT2D eigenvalue weighted by atomic mass is 9.32. The summed E-state index contributed by atoms with van der Waals surface area (Å²) in [6, 6.07) is 0. The summed E-state index contributed by atoms with van der Waals surface area (Å²) >= 11 is 0. The van der Waals surface area contributed by atoms with Gasteiger partial charge in [-0.2, -0.15) is 0 Å². The Morgan fingerprint density at radius 3 is 2.18 bits per heavy atom. The molecule has 1 N–H and O–H groups in total. The van der Waals surface area contributed by atoms with Crippen LogP contribution >= 0.6 is 0 Å². The summed E-state index contributed by atoms with van der Waals surface area (Å²) < 4.78 is 0. The third-order valence-electron chi connectivity index (χ3n) is 14.3. The van der Waals surface area contributed by atoms with Crippen LogP contribution in [-0.4, -0.2) is 17.0 Å². The fourth-order valence-corrected chi connectivity index (χ4v) is 12.0. The minimum Gasteiger partial charge on any atom is -0.393 e. The molecule has 0 bridgehead atoms. The average molecular weight is 469 g/mol. The maximum atomic E-state index is 13.2. The van der Waals surface area contributed by atoms with Gasteiger partial charge >= 0.3 is 0 Å².